The Morgan fingerprint density at radius 2 is 2.21 bits per heavy atom. The van der Waals surface area contributed by atoms with Gasteiger partial charge in [0.25, 0.3) is 0 Å². The van der Waals surface area contributed by atoms with Gasteiger partial charge in [0.15, 0.2) is 0 Å². The zero-order chi connectivity index (χ0) is 9.68. The highest BCUT2D eigenvalue weighted by atomic mass is 35.5. The first-order chi connectivity index (χ1) is 6.22. The first kappa shape index (κ1) is 13.7. The van der Waals surface area contributed by atoms with Crippen LogP contribution in [0.25, 0.3) is 0 Å². The number of piperidine rings is 1. The Morgan fingerprint density at radius 3 is 2.71 bits per heavy atom. The van der Waals surface area contributed by atoms with Gasteiger partial charge in [-0.3, -0.25) is 4.79 Å². The van der Waals surface area contributed by atoms with Crippen LogP contribution in [-0.4, -0.2) is 25.7 Å². The van der Waals surface area contributed by atoms with Crippen molar-refractivity contribution >= 4 is 18.4 Å². The molecular formula is C10H20ClNO2. The van der Waals surface area contributed by atoms with E-state index < -0.39 is 0 Å². The summed E-state index contributed by atoms with van der Waals surface area (Å²) in [6.45, 7) is 3.26. The Hall–Kier alpha value is -0.280. The van der Waals surface area contributed by atoms with Crippen LogP contribution in [-0.2, 0) is 9.53 Å². The van der Waals surface area contributed by atoms with Gasteiger partial charge in [0.2, 0.25) is 0 Å². The molecule has 0 aromatic carbocycles. The van der Waals surface area contributed by atoms with Crippen molar-refractivity contribution in [1.82, 2.24) is 5.32 Å². The molecule has 0 saturated carbocycles. The molecule has 14 heavy (non-hydrogen) atoms. The third-order valence-electron chi connectivity index (χ3n) is 2.75. The fraction of sp³-hybridized carbons (Fsp3) is 0.900. The number of halogens is 1. The summed E-state index contributed by atoms with van der Waals surface area (Å²) in [5, 5.41) is 3.42. The monoisotopic (exact) mass is 221 g/mol. The minimum absolute atomic E-state index is 0. The summed E-state index contributed by atoms with van der Waals surface area (Å²) in [7, 11) is 1.45. The maximum Gasteiger partial charge on any atom is 0.305 e. The van der Waals surface area contributed by atoms with Gasteiger partial charge >= 0.3 is 5.97 Å². The summed E-state index contributed by atoms with van der Waals surface area (Å²) < 4.78 is 4.60. The van der Waals surface area contributed by atoms with Crippen LogP contribution in [0.5, 0.6) is 0 Å². The molecule has 0 amide bonds. The van der Waals surface area contributed by atoms with Crippen molar-refractivity contribution in [1.29, 1.82) is 0 Å². The molecule has 0 aliphatic carbocycles. The molecule has 84 valence electrons. The molecule has 4 heteroatoms. The molecule has 1 N–H and O–H groups in total. The van der Waals surface area contributed by atoms with Crippen molar-refractivity contribution < 1.29 is 9.53 Å². The van der Waals surface area contributed by atoms with Gasteiger partial charge in [-0.2, -0.15) is 0 Å². The molecule has 1 fully saturated rings. The van der Waals surface area contributed by atoms with Crippen LogP contribution in [0, 0.1) is 5.92 Å². The third kappa shape index (κ3) is 4.82. The highest BCUT2D eigenvalue weighted by Crippen LogP contribution is 2.18. The summed E-state index contributed by atoms with van der Waals surface area (Å²) in [6, 6.07) is 0.648. The first-order valence-electron chi connectivity index (χ1n) is 5.02. The van der Waals surface area contributed by atoms with E-state index in [0.717, 1.165) is 13.0 Å². The Labute approximate surface area is 92.0 Å². The Bertz CT molecular complexity index is 168. The molecule has 1 aliphatic heterocycles. The summed E-state index contributed by atoms with van der Waals surface area (Å²) in [5.74, 6) is 0.578. The normalized spacial score (nSPS) is 26.4. The maximum absolute atomic E-state index is 10.9. The maximum atomic E-state index is 10.9. The lowest BCUT2D eigenvalue weighted by molar-refractivity contribution is -0.141. The number of hydrogen-bond acceptors (Lipinski definition) is 3. The average molecular weight is 222 g/mol. The van der Waals surface area contributed by atoms with E-state index in [0.29, 0.717) is 18.4 Å². The molecule has 3 nitrogen and oxygen atoms in total. The number of carbonyl (C=O) groups excluding carboxylic acids is 1. The molecule has 0 aromatic rings. The van der Waals surface area contributed by atoms with Crippen LogP contribution in [0.3, 0.4) is 0 Å². The summed E-state index contributed by atoms with van der Waals surface area (Å²) in [6.07, 6.45) is 4.00. The van der Waals surface area contributed by atoms with E-state index in [1.165, 1.54) is 20.0 Å². The zero-order valence-corrected chi connectivity index (χ0v) is 9.73. The minimum atomic E-state index is -0.0846. The number of esters is 1. The predicted molar refractivity (Wildman–Crippen MR) is 58.7 cm³/mol. The van der Waals surface area contributed by atoms with Gasteiger partial charge in [-0.1, -0.05) is 0 Å². The van der Waals surface area contributed by atoms with Gasteiger partial charge in [-0.25, -0.2) is 0 Å². The molecule has 2 atom stereocenters. The second-order valence-corrected chi connectivity index (χ2v) is 3.87. The lowest BCUT2D eigenvalue weighted by Gasteiger charge is -2.27. The molecule has 1 aliphatic rings. The summed E-state index contributed by atoms with van der Waals surface area (Å²) >= 11 is 0. The number of carbonyl (C=O) groups is 1. The molecule has 0 radical (unpaired) electrons. The molecular weight excluding hydrogens is 202 g/mol. The van der Waals surface area contributed by atoms with Crippen LogP contribution < -0.4 is 5.32 Å². The molecule has 0 spiro atoms. The molecule has 1 heterocycles. The van der Waals surface area contributed by atoms with Gasteiger partial charge in [-0.15, -0.1) is 12.4 Å². The van der Waals surface area contributed by atoms with Crippen LogP contribution in [0.2, 0.25) is 0 Å². The van der Waals surface area contributed by atoms with Gasteiger partial charge in [0.1, 0.15) is 0 Å². The van der Waals surface area contributed by atoms with Crippen molar-refractivity contribution in [3.05, 3.63) is 0 Å². The van der Waals surface area contributed by atoms with E-state index in [2.05, 4.69) is 17.0 Å². The van der Waals surface area contributed by atoms with E-state index >= 15 is 0 Å². The Balaban J connectivity index is 0.00000169. The SMILES string of the molecule is COC(=O)CCC1CCC(C)NC1.Cl. The molecule has 1 saturated heterocycles. The first-order valence-corrected chi connectivity index (χ1v) is 5.02. The van der Waals surface area contributed by atoms with Crippen molar-refractivity contribution in [2.75, 3.05) is 13.7 Å². The van der Waals surface area contributed by atoms with Crippen LogP contribution in [0.4, 0.5) is 0 Å². The zero-order valence-electron chi connectivity index (χ0n) is 8.91. The van der Waals surface area contributed by atoms with Crippen LogP contribution in [0.1, 0.15) is 32.6 Å². The topological polar surface area (TPSA) is 38.3 Å². The fourth-order valence-corrected chi connectivity index (χ4v) is 1.73. The quantitative estimate of drug-likeness (QED) is 0.738. The number of ether oxygens (including phenoxy) is 1. The number of rotatable bonds is 3. The van der Waals surface area contributed by atoms with Crippen LogP contribution in [0.15, 0.2) is 0 Å². The Morgan fingerprint density at radius 1 is 1.50 bits per heavy atom. The van der Waals surface area contributed by atoms with Gasteiger partial charge in [-0.05, 0) is 38.6 Å². The Kier molecular flexibility index (Phi) is 6.93. The second-order valence-electron chi connectivity index (χ2n) is 3.87. The molecule has 2 unspecified atom stereocenters. The third-order valence-corrected chi connectivity index (χ3v) is 2.75. The average Bonchev–Trinajstić information content (AvgIpc) is 2.16. The van der Waals surface area contributed by atoms with E-state index in [4.69, 9.17) is 0 Å². The highest BCUT2D eigenvalue weighted by molar-refractivity contribution is 5.85. The number of hydrogen-bond donors (Lipinski definition) is 1. The predicted octanol–water partition coefficient (Wildman–Crippen LogP) is 1.75. The highest BCUT2D eigenvalue weighted by Gasteiger charge is 2.18. The van der Waals surface area contributed by atoms with Crippen molar-refractivity contribution in [2.45, 2.75) is 38.6 Å². The van der Waals surface area contributed by atoms with E-state index in [9.17, 15) is 4.79 Å². The smallest absolute Gasteiger partial charge is 0.305 e. The number of methoxy groups -OCH3 is 1. The number of nitrogens with one attached hydrogen (secondary N) is 1. The van der Waals surface area contributed by atoms with E-state index in [1.807, 2.05) is 0 Å². The standard InChI is InChI=1S/C10H19NO2.ClH/c1-8-3-4-9(7-11-8)5-6-10(12)13-2;/h8-9,11H,3-7H2,1-2H3;1H. The van der Waals surface area contributed by atoms with Gasteiger partial charge in [0, 0.05) is 12.5 Å². The minimum Gasteiger partial charge on any atom is -0.469 e. The largest absolute Gasteiger partial charge is 0.469 e. The molecule has 0 bridgehead atoms. The fourth-order valence-electron chi connectivity index (χ4n) is 1.73. The van der Waals surface area contributed by atoms with E-state index in [-0.39, 0.29) is 18.4 Å². The lowest BCUT2D eigenvalue weighted by atomic mass is 9.92. The summed E-state index contributed by atoms with van der Waals surface area (Å²) in [4.78, 5) is 10.9. The van der Waals surface area contributed by atoms with Gasteiger partial charge in [0.05, 0.1) is 7.11 Å². The second kappa shape index (κ2) is 7.07. The summed E-state index contributed by atoms with van der Waals surface area (Å²) in [5.41, 5.74) is 0. The van der Waals surface area contributed by atoms with Crippen LogP contribution >= 0.6 is 12.4 Å². The van der Waals surface area contributed by atoms with E-state index in [1.54, 1.807) is 0 Å². The van der Waals surface area contributed by atoms with Crippen molar-refractivity contribution in [2.24, 2.45) is 5.92 Å². The van der Waals surface area contributed by atoms with Gasteiger partial charge < -0.3 is 10.1 Å². The van der Waals surface area contributed by atoms with Crippen molar-refractivity contribution in [3.8, 4) is 0 Å². The lowest BCUT2D eigenvalue weighted by Crippen LogP contribution is -2.36. The molecule has 0 aromatic heterocycles. The molecule has 1 rings (SSSR count). The van der Waals surface area contributed by atoms with Crippen molar-refractivity contribution in [3.63, 3.8) is 0 Å².